The number of aryl methyl sites for hydroxylation is 2. The maximum absolute atomic E-state index is 4.99. The smallest absolute Gasteiger partial charge is 0.140 e. The Morgan fingerprint density at radius 1 is 1.11 bits per heavy atom. The van der Waals surface area contributed by atoms with Crippen molar-refractivity contribution in [2.45, 2.75) is 71.4 Å². The van der Waals surface area contributed by atoms with Gasteiger partial charge in [-0.2, -0.15) is 0 Å². The highest BCUT2D eigenvalue weighted by atomic mass is 15.2. The van der Waals surface area contributed by atoms with Gasteiger partial charge in [0.25, 0.3) is 0 Å². The van der Waals surface area contributed by atoms with E-state index < -0.39 is 0 Å². The number of hydrogen-bond acceptors (Lipinski definition) is 4. The average Bonchev–Trinajstić information content (AvgIpc) is 3.05. The number of fused-ring (bicyclic) bond motifs is 2. The zero-order chi connectivity index (χ0) is 19.1. The van der Waals surface area contributed by atoms with Gasteiger partial charge in [-0.15, -0.1) is 0 Å². The lowest BCUT2D eigenvalue weighted by Crippen LogP contribution is -2.32. The van der Waals surface area contributed by atoms with Crippen molar-refractivity contribution in [3.63, 3.8) is 0 Å². The summed E-state index contributed by atoms with van der Waals surface area (Å²) in [5.41, 5.74) is 7.30. The minimum absolute atomic E-state index is 0.584. The molecular formula is C23H29N5. The van der Waals surface area contributed by atoms with Gasteiger partial charge in [-0.05, 0) is 38.3 Å². The van der Waals surface area contributed by atoms with Crippen LogP contribution >= 0.6 is 0 Å². The molecule has 5 nitrogen and oxygen atoms in total. The summed E-state index contributed by atoms with van der Waals surface area (Å²) >= 11 is 0. The molecule has 3 aromatic rings. The maximum atomic E-state index is 4.99. The Bertz CT molecular complexity index is 1000. The van der Waals surface area contributed by atoms with E-state index in [0.29, 0.717) is 5.92 Å². The number of imidazole rings is 1. The highest BCUT2D eigenvalue weighted by molar-refractivity contribution is 5.50. The summed E-state index contributed by atoms with van der Waals surface area (Å²) in [6.07, 6.45) is 11.8. The first-order valence-electron chi connectivity index (χ1n) is 10.7. The van der Waals surface area contributed by atoms with Crippen molar-refractivity contribution in [1.82, 2.24) is 24.3 Å². The molecule has 1 fully saturated rings. The fourth-order valence-electron chi connectivity index (χ4n) is 4.85. The van der Waals surface area contributed by atoms with Crippen molar-refractivity contribution in [1.29, 1.82) is 0 Å². The lowest BCUT2D eigenvalue weighted by atomic mass is 9.88. The van der Waals surface area contributed by atoms with Crippen LogP contribution in [0.5, 0.6) is 0 Å². The first-order chi connectivity index (χ1) is 13.7. The fraction of sp³-hybridized carbons (Fsp3) is 0.522. The molecule has 4 heterocycles. The molecule has 0 atom stereocenters. The van der Waals surface area contributed by atoms with Gasteiger partial charge >= 0.3 is 0 Å². The molecule has 0 spiro atoms. The first-order valence-corrected chi connectivity index (χ1v) is 10.7. The Balaban J connectivity index is 1.35. The molecule has 0 amide bonds. The third kappa shape index (κ3) is 3.22. The quantitative estimate of drug-likeness (QED) is 0.683. The Kier molecular flexibility index (Phi) is 4.63. The van der Waals surface area contributed by atoms with E-state index in [-0.39, 0.29) is 0 Å². The molecular weight excluding hydrogens is 346 g/mol. The van der Waals surface area contributed by atoms with Crippen LogP contribution in [0.4, 0.5) is 0 Å². The second-order valence-electron chi connectivity index (χ2n) is 8.52. The summed E-state index contributed by atoms with van der Waals surface area (Å²) in [4.78, 5) is 17.1. The maximum Gasteiger partial charge on any atom is 0.140 e. The van der Waals surface area contributed by atoms with Crippen molar-refractivity contribution in [3.8, 4) is 0 Å². The van der Waals surface area contributed by atoms with Crippen molar-refractivity contribution in [3.05, 3.63) is 58.6 Å². The standard InChI is InChI=1S/C23H29N5/c1-16-7-6-11-28-21(17(2)25-23(16)28)15-27-12-10-20-19(14-27)13-24-22(26-20)18-8-4-3-5-9-18/h6-7,11,13,18H,3-5,8-10,12,14-15H2,1-2H3. The van der Waals surface area contributed by atoms with Crippen molar-refractivity contribution < 1.29 is 0 Å². The van der Waals surface area contributed by atoms with E-state index >= 15 is 0 Å². The molecule has 3 aromatic heterocycles. The first kappa shape index (κ1) is 17.8. The van der Waals surface area contributed by atoms with Crippen LogP contribution in [0.1, 0.15) is 72.1 Å². The summed E-state index contributed by atoms with van der Waals surface area (Å²) in [5, 5.41) is 0. The molecule has 0 unspecified atom stereocenters. The van der Waals surface area contributed by atoms with Crippen LogP contribution < -0.4 is 0 Å². The second-order valence-corrected chi connectivity index (χ2v) is 8.52. The lowest BCUT2D eigenvalue weighted by Gasteiger charge is -2.29. The van der Waals surface area contributed by atoms with Gasteiger partial charge in [-0.1, -0.05) is 25.3 Å². The van der Waals surface area contributed by atoms with Crippen LogP contribution in [0.3, 0.4) is 0 Å². The van der Waals surface area contributed by atoms with Gasteiger partial charge in [0, 0.05) is 55.6 Å². The molecule has 2 aliphatic rings. The molecule has 28 heavy (non-hydrogen) atoms. The molecule has 1 aliphatic heterocycles. The number of hydrogen-bond donors (Lipinski definition) is 0. The summed E-state index contributed by atoms with van der Waals surface area (Å²) in [6, 6.07) is 4.24. The Hall–Kier alpha value is -2.27. The largest absolute Gasteiger partial charge is 0.302 e. The van der Waals surface area contributed by atoms with Gasteiger partial charge in [-0.3, -0.25) is 4.90 Å². The average molecular weight is 376 g/mol. The Morgan fingerprint density at radius 3 is 2.82 bits per heavy atom. The molecule has 0 N–H and O–H groups in total. The molecule has 0 bridgehead atoms. The van der Waals surface area contributed by atoms with Gasteiger partial charge in [-0.25, -0.2) is 15.0 Å². The molecule has 0 saturated heterocycles. The van der Waals surface area contributed by atoms with Crippen molar-refractivity contribution in [2.24, 2.45) is 0 Å². The zero-order valence-electron chi connectivity index (χ0n) is 17.0. The van der Waals surface area contributed by atoms with E-state index in [1.165, 1.54) is 54.6 Å². The molecule has 1 aliphatic carbocycles. The van der Waals surface area contributed by atoms with E-state index in [9.17, 15) is 0 Å². The number of aromatic nitrogens is 4. The predicted octanol–water partition coefficient (Wildman–Crippen LogP) is 4.35. The highest BCUT2D eigenvalue weighted by Gasteiger charge is 2.23. The fourth-order valence-corrected chi connectivity index (χ4v) is 4.85. The summed E-state index contributed by atoms with van der Waals surface area (Å²) in [5.74, 6) is 1.68. The van der Waals surface area contributed by atoms with Crippen molar-refractivity contribution >= 4 is 5.65 Å². The SMILES string of the molecule is Cc1nc2c(C)cccn2c1CN1CCc2nc(C3CCCCC3)ncc2C1. The molecule has 5 rings (SSSR count). The van der Waals surface area contributed by atoms with E-state index in [1.807, 2.05) is 0 Å². The van der Waals surface area contributed by atoms with Gasteiger partial charge in [0.15, 0.2) is 0 Å². The summed E-state index contributed by atoms with van der Waals surface area (Å²) < 4.78 is 2.25. The molecule has 0 radical (unpaired) electrons. The monoisotopic (exact) mass is 375 g/mol. The molecule has 5 heteroatoms. The van der Waals surface area contributed by atoms with Crippen LogP contribution in [-0.4, -0.2) is 30.8 Å². The van der Waals surface area contributed by atoms with Crippen LogP contribution in [0, 0.1) is 13.8 Å². The summed E-state index contributed by atoms with van der Waals surface area (Å²) in [6.45, 7) is 7.15. The minimum Gasteiger partial charge on any atom is -0.302 e. The molecule has 0 aromatic carbocycles. The van der Waals surface area contributed by atoms with Gasteiger partial charge in [0.1, 0.15) is 11.5 Å². The van der Waals surface area contributed by atoms with E-state index in [1.54, 1.807) is 0 Å². The van der Waals surface area contributed by atoms with Crippen LogP contribution in [0.15, 0.2) is 24.5 Å². The second kappa shape index (κ2) is 7.28. The molecule has 1 saturated carbocycles. The zero-order valence-corrected chi connectivity index (χ0v) is 17.0. The third-order valence-corrected chi connectivity index (χ3v) is 6.52. The lowest BCUT2D eigenvalue weighted by molar-refractivity contribution is 0.238. The predicted molar refractivity (Wildman–Crippen MR) is 110 cm³/mol. The van der Waals surface area contributed by atoms with Crippen LogP contribution in [0.2, 0.25) is 0 Å². The van der Waals surface area contributed by atoms with Crippen molar-refractivity contribution in [2.75, 3.05) is 6.54 Å². The van der Waals surface area contributed by atoms with E-state index in [2.05, 4.69) is 47.7 Å². The Morgan fingerprint density at radius 2 is 1.96 bits per heavy atom. The normalized spacial score (nSPS) is 18.5. The number of nitrogens with zero attached hydrogens (tertiary/aromatic N) is 5. The Labute approximate surface area is 166 Å². The number of rotatable bonds is 3. The highest BCUT2D eigenvalue weighted by Crippen LogP contribution is 2.31. The third-order valence-electron chi connectivity index (χ3n) is 6.52. The van der Waals surface area contributed by atoms with E-state index in [0.717, 1.165) is 43.2 Å². The molecule has 146 valence electrons. The van der Waals surface area contributed by atoms with Crippen LogP contribution in [-0.2, 0) is 19.5 Å². The van der Waals surface area contributed by atoms with Gasteiger partial charge < -0.3 is 4.40 Å². The van der Waals surface area contributed by atoms with E-state index in [4.69, 9.17) is 15.0 Å². The topological polar surface area (TPSA) is 46.3 Å². The number of pyridine rings is 1. The van der Waals surface area contributed by atoms with Crippen LogP contribution in [0.25, 0.3) is 5.65 Å². The summed E-state index contributed by atoms with van der Waals surface area (Å²) in [7, 11) is 0. The van der Waals surface area contributed by atoms with Gasteiger partial charge in [0.05, 0.1) is 11.4 Å². The minimum atomic E-state index is 0.584. The van der Waals surface area contributed by atoms with Gasteiger partial charge in [0.2, 0.25) is 0 Å².